The van der Waals surface area contributed by atoms with Crippen molar-refractivity contribution < 1.29 is 5.11 Å². The van der Waals surface area contributed by atoms with Gasteiger partial charge < -0.3 is 5.11 Å². The maximum atomic E-state index is 10.3. The Balaban J connectivity index is 2.43. The molecule has 0 amide bonds. The van der Waals surface area contributed by atoms with Gasteiger partial charge in [0, 0.05) is 0 Å². The van der Waals surface area contributed by atoms with Crippen molar-refractivity contribution in [3.63, 3.8) is 0 Å². The molecule has 0 saturated carbocycles. The molecule has 0 heterocycles. The maximum absolute atomic E-state index is 10.3. The molecule has 0 aliphatic rings. The van der Waals surface area contributed by atoms with Crippen LogP contribution in [0.15, 0.2) is 24.3 Å². The molecule has 2 atom stereocenters. The molecule has 0 aliphatic heterocycles. The van der Waals surface area contributed by atoms with Gasteiger partial charge in [-0.3, -0.25) is 0 Å². The second-order valence-corrected chi connectivity index (χ2v) is 7.74. The fraction of sp³-hybridized carbons (Fsp3) is 0.750. The lowest BCUT2D eigenvalue weighted by Crippen LogP contribution is -2.13. The summed E-state index contributed by atoms with van der Waals surface area (Å²) >= 11 is 0. The quantitative estimate of drug-likeness (QED) is 0.317. The van der Waals surface area contributed by atoms with Crippen LogP contribution in [0.25, 0.3) is 0 Å². The number of phenols is 1. The van der Waals surface area contributed by atoms with Crippen LogP contribution < -0.4 is 0 Å². The maximum Gasteiger partial charge on any atom is 0.119 e. The minimum atomic E-state index is 0.498. The van der Waals surface area contributed by atoms with Gasteiger partial charge in [-0.1, -0.05) is 116 Å². The first kappa shape index (κ1) is 22.1. The van der Waals surface area contributed by atoms with E-state index in [-0.39, 0.29) is 0 Å². The van der Waals surface area contributed by atoms with Crippen LogP contribution in [-0.4, -0.2) is 5.11 Å². The lowest BCUT2D eigenvalue weighted by atomic mass is 9.78. The van der Waals surface area contributed by atoms with Crippen molar-refractivity contribution in [2.24, 2.45) is 5.92 Å². The van der Waals surface area contributed by atoms with Crippen molar-refractivity contribution in [1.29, 1.82) is 0 Å². The minimum Gasteiger partial charge on any atom is -0.508 e. The summed E-state index contributed by atoms with van der Waals surface area (Å²) < 4.78 is 0. The first-order chi connectivity index (χ1) is 12.2. The molecule has 1 nitrogen and oxygen atoms in total. The second kappa shape index (κ2) is 14.2. The number of para-hydroxylation sites is 1. The molecule has 1 aromatic rings. The van der Waals surface area contributed by atoms with Gasteiger partial charge in [0.25, 0.3) is 0 Å². The van der Waals surface area contributed by atoms with E-state index in [9.17, 15) is 5.11 Å². The Hall–Kier alpha value is -0.980. The van der Waals surface area contributed by atoms with E-state index in [0.717, 1.165) is 0 Å². The molecule has 0 fully saturated rings. The average Bonchev–Trinajstić information content (AvgIpc) is 2.63. The zero-order chi connectivity index (χ0) is 18.3. The number of hydrogen-bond donors (Lipinski definition) is 1. The van der Waals surface area contributed by atoms with E-state index < -0.39 is 0 Å². The van der Waals surface area contributed by atoms with Crippen molar-refractivity contribution in [3.8, 4) is 5.75 Å². The number of aromatic hydroxyl groups is 1. The molecule has 0 spiro atoms. The molecule has 0 saturated heterocycles. The highest BCUT2D eigenvalue weighted by Gasteiger charge is 2.23. The summed E-state index contributed by atoms with van der Waals surface area (Å²) in [5, 5.41) is 10.3. The summed E-state index contributed by atoms with van der Waals surface area (Å²) in [7, 11) is 0. The molecule has 25 heavy (non-hydrogen) atoms. The minimum absolute atomic E-state index is 0.498. The molecular weight excluding hydrogens is 304 g/mol. The van der Waals surface area contributed by atoms with Crippen molar-refractivity contribution in [2.45, 2.75) is 110 Å². The smallest absolute Gasteiger partial charge is 0.119 e. The van der Waals surface area contributed by atoms with Gasteiger partial charge in [0.2, 0.25) is 0 Å². The topological polar surface area (TPSA) is 20.2 Å². The molecule has 144 valence electrons. The van der Waals surface area contributed by atoms with Crippen molar-refractivity contribution >= 4 is 0 Å². The third kappa shape index (κ3) is 8.79. The molecule has 0 aromatic heterocycles. The number of phenolic OH excluding ortho intramolecular Hbond substituents is 1. The molecule has 1 aromatic carbocycles. The Morgan fingerprint density at radius 1 is 0.720 bits per heavy atom. The summed E-state index contributed by atoms with van der Waals surface area (Å²) in [6, 6.07) is 8.02. The summed E-state index contributed by atoms with van der Waals surface area (Å²) in [6.45, 7) is 6.87. The average molecular weight is 347 g/mol. The Kier molecular flexibility index (Phi) is 12.5. The van der Waals surface area contributed by atoms with E-state index in [4.69, 9.17) is 0 Å². The van der Waals surface area contributed by atoms with E-state index in [0.29, 0.717) is 17.6 Å². The van der Waals surface area contributed by atoms with Crippen LogP contribution in [0.3, 0.4) is 0 Å². The third-order valence-corrected chi connectivity index (χ3v) is 5.71. The van der Waals surface area contributed by atoms with Gasteiger partial charge in [-0.25, -0.2) is 0 Å². The molecule has 1 N–H and O–H groups in total. The van der Waals surface area contributed by atoms with E-state index in [1.807, 2.05) is 12.1 Å². The van der Waals surface area contributed by atoms with Crippen LogP contribution in [0.1, 0.15) is 116 Å². The SMILES string of the molecule is CCCCCCCCCCCC(c1ccccc1O)C(CC)CCC. The summed E-state index contributed by atoms with van der Waals surface area (Å²) in [5.41, 5.74) is 1.18. The number of hydrogen-bond acceptors (Lipinski definition) is 1. The lowest BCUT2D eigenvalue weighted by Gasteiger charge is -2.27. The van der Waals surface area contributed by atoms with Crippen LogP contribution in [-0.2, 0) is 0 Å². The largest absolute Gasteiger partial charge is 0.508 e. The molecule has 0 aliphatic carbocycles. The van der Waals surface area contributed by atoms with Crippen molar-refractivity contribution in [2.75, 3.05) is 0 Å². The van der Waals surface area contributed by atoms with Crippen molar-refractivity contribution in [3.05, 3.63) is 29.8 Å². The Bertz CT molecular complexity index is 426. The Morgan fingerprint density at radius 2 is 1.32 bits per heavy atom. The first-order valence-corrected chi connectivity index (χ1v) is 11.0. The van der Waals surface area contributed by atoms with Crippen LogP contribution in [0.2, 0.25) is 0 Å². The zero-order valence-corrected chi connectivity index (χ0v) is 17.1. The third-order valence-electron chi connectivity index (χ3n) is 5.71. The summed E-state index contributed by atoms with van der Waals surface area (Å²) in [4.78, 5) is 0. The molecule has 0 bridgehead atoms. The van der Waals surface area contributed by atoms with Gasteiger partial charge in [0.15, 0.2) is 0 Å². The fourth-order valence-corrected chi connectivity index (χ4v) is 4.18. The summed E-state index contributed by atoms with van der Waals surface area (Å²) in [5.74, 6) is 1.72. The zero-order valence-electron chi connectivity index (χ0n) is 17.1. The molecular formula is C24H42O. The predicted molar refractivity (Wildman–Crippen MR) is 111 cm³/mol. The highest BCUT2D eigenvalue weighted by atomic mass is 16.3. The highest BCUT2D eigenvalue weighted by molar-refractivity contribution is 5.35. The van der Waals surface area contributed by atoms with Crippen LogP contribution in [0, 0.1) is 5.92 Å². The molecule has 2 unspecified atom stereocenters. The number of rotatable bonds is 15. The molecule has 1 heteroatoms. The van der Waals surface area contributed by atoms with Crippen LogP contribution >= 0.6 is 0 Å². The second-order valence-electron chi connectivity index (χ2n) is 7.74. The van der Waals surface area contributed by atoms with Crippen molar-refractivity contribution in [1.82, 2.24) is 0 Å². The van der Waals surface area contributed by atoms with E-state index in [2.05, 4.69) is 32.9 Å². The molecule has 1 rings (SSSR count). The standard InChI is InChI=1S/C24H42O/c1-4-7-8-9-10-11-12-13-14-18-22(21(6-3)17-5-2)23-19-15-16-20-24(23)25/h15-16,19-22,25H,4-14,17-18H2,1-3H3. The summed E-state index contributed by atoms with van der Waals surface area (Å²) in [6.07, 6.45) is 17.4. The van der Waals surface area contributed by atoms with E-state index >= 15 is 0 Å². The lowest BCUT2D eigenvalue weighted by molar-refractivity contribution is 0.341. The Morgan fingerprint density at radius 3 is 1.88 bits per heavy atom. The monoisotopic (exact) mass is 346 g/mol. The number of benzene rings is 1. The van der Waals surface area contributed by atoms with E-state index in [1.54, 1.807) is 0 Å². The first-order valence-electron chi connectivity index (χ1n) is 11.0. The Labute approximate surface area is 157 Å². The van der Waals surface area contributed by atoms with E-state index in [1.165, 1.54) is 89.0 Å². The van der Waals surface area contributed by atoms with Gasteiger partial charge in [-0.2, -0.15) is 0 Å². The van der Waals surface area contributed by atoms with Crippen LogP contribution in [0.5, 0.6) is 5.75 Å². The molecule has 0 radical (unpaired) electrons. The normalized spacial score (nSPS) is 13.7. The van der Waals surface area contributed by atoms with Gasteiger partial charge in [-0.05, 0) is 29.9 Å². The number of unbranched alkanes of at least 4 members (excludes halogenated alkanes) is 8. The fourth-order valence-electron chi connectivity index (χ4n) is 4.18. The van der Waals surface area contributed by atoms with Crippen LogP contribution in [0.4, 0.5) is 0 Å². The van der Waals surface area contributed by atoms with Gasteiger partial charge >= 0.3 is 0 Å². The van der Waals surface area contributed by atoms with Gasteiger partial charge in [0.1, 0.15) is 5.75 Å². The van der Waals surface area contributed by atoms with Gasteiger partial charge in [-0.15, -0.1) is 0 Å². The van der Waals surface area contributed by atoms with Gasteiger partial charge in [0.05, 0.1) is 0 Å². The highest BCUT2D eigenvalue weighted by Crippen LogP contribution is 2.39. The predicted octanol–water partition coefficient (Wildman–Crippen LogP) is 8.22.